The van der Waals surface area contributed by atoms with Crippen molar-refractivity contribution in [3.05, 3.63) is 23.5 Å². The third-order valence-corrected chi connectivity index (χ3v) is 2.77. The maximum atomic E-state index is 11.9. The fourth-order valence-electron chi connectivity index (χ4n) is 1.82. The van der Waals surface area contributed by atoms with Gasteiger partial charge >= 0.3 is 0 Å². The number of aliphatic hydroxyl groups is 1. The SMILES string of the molecule is CC(=O)c1c[nH]c(C(=O)N2CCC(O)C2)c1. The molecule has 1 fully saturated rings. The molecule has 86 valence electrons. The normalized spacial score (nSPS) is 20.1. The number of Topliss-reactive ketones (excluding diaryl/α,β-unsaturated/α-hetero) is 1. The number of carbonyl (C=O) groups is 2. The lowest BCUT2D eigenvalue weighted by molar-refractivity contribution is 0.0760. The number of nitrogens with zero attached hydrogens (tertiary/aromatic N) is 1. The number of H-pyrrole nitrogens is 1. The van der Waals surface area contributed by atoms with Crippen molar-refractivity contribution in [1.82, 2.24) is 9.88 Å². The van der Waals surface area contributed by atoms with Crippen LogP contribution in [-0.4, -0.2) is 45.9 Å². The zero-order chi connectivity index (χ0) is 11.7. The maximum absolute atomic E-state index is 11.9. The molecule has 0 spiro atoms. The molecule has 16 heavy (non-hydrogen) atoms. The number of carbonyl (C=O) groups excluding carboxylic acids is 2. The van der Waals surface area contributed by atoms with Crippen LogP contribution in [-0.2, 0) is 0 Å². The lowest BCUT2D eigenvalue weighted by atomic mass is 10.2. The number of hydrogen-bond acceptors (Lipinski definition) is 3. The second kappa shape index (κ2) is 4.09. The highest BCUT2D eigenvalue weighted by Crippen LogP contribution is 2.13. The lowest BCUT2D eigenvalue weighted by Crippen LogP contribution is -2.29. The first-order valence-electron chi connectivity index (χ1n) is 5.24. The number of nitrogens with one attached hydrogen (secondary N) is 1. The number of amides is 1. The van der Waals surface area contributed by atoms with E-state index >= 15 is 0 Å². The van der Waals surface area contributed by atoms with Crippen LogP contribution in [0.4, 0.5) is 0 Å². The van der Waals surface area contributed by atoms with Crippen LogP contribution in [0.3, 0.4) is 0 Å². The molecule has 1 aromatic rings. The second-order valence-electron chi connectivity index (χ2n) is 4.05. The van der Waals surface area contributed by atoms with E-state index in [-0.39, 0.29) is 11.7 Å². The smallest absolute Gasteiger partial charge is 0.270 e. The van der Waals surface area contributed by atoms with Crippen molar-refractivity contribution in [2.24, 2.45) is 0 Å². The minimum absolute atomic E-state index is 0.0724. The van der Waals surface area contributed by atoms with E-state index < -0.39 is 6.10 Å². The van der Waals surface area contributed by atoms with Gasteiger partial charge in [0.05, 0.1) is 6.10 Å². The molecule has 1 aliphatic heterocycles. The van der Waals surface area contributed by atoms with E-state index in [1.54, 1.807) is 11.0 Å². The molecule has 0 aliphatic carbocycles. The Balaban J connectivity index is 2.11. The van der Waals surface area contributed by atoms with Gasteiger partial charge in [-0.1, -0.05) is 0 Å². The average molecular weight is 222 g/mol. The number of hydrogen-bond donors (Lipinski definition) is 2. The van der Waals surface area contributed by atoms with Crippen molar-refractivity contribution >= 4 is 11.7 Å². The predicted molar refractivity (Wildman–Crippen MR) is 57.3 cm³/mol. The van der Waals surface area contributed by atoms with Gasteiger partial charge in [-0.15, -0.1) is 0 Å². The Labute approximate surface area is 93.1 Å². The average Bonchev–Trinajstić information content (AvgIpc) is 2.84. The number of rotatable bonds is 2. The van der Waals surface area contributed by atoms with Crippen molar-refractivity contribution in [3.8, 4) is 0 Å². The van der Waals surface area contributed by atoms with Gasteiger partial charge in [0.25, 0.3) is 5.91 Å². The first-order valence-corrected chi connectivity index (χ1v) is 5.24. The molecule has 1 saturated heterocycles. The standard InChI is InChI=1S/C11H14N2O3/c1-7(14)8-4-10(12-5-8)11(16)13-3-2-9(15)6-13/h4-5,9,12,15H,2-3,6H2,1H3. The summed E-state index contributed by atoms with van der Waals surface area (Å²) in [5.74, 6) is -0.235. The van der Waals surface area contributed by atoms with Crippen molar-refractivity contribution in [3.63, 3.8) is 0 Å². The summed E-state index contributed by atoms with van der Waals surface area (Å²) in [4.78, 5) is 27.3. The highest BCUT2D eigenvalue weighted by atomic mass is 16.3. The number of β-amino-alcohol motifs (C(OH)–C–C–N with tert-alkyl or cyclic N) is 1. The van der Waals surface area contributed by atoms with Crippen LogP contribution < -0.4 is 0 Å². The van der Waals surface area contributed by atoms with Gasteiger partial charge in [0.15, 0.2) is 5.78 Å². The fraction of sp³-hybridized carbons (Fsp3) is 0.455. The van der Waals surface area contributed by atoms with Gasteiger partial charge in [-0.25, -0.2) is 0 Å². The van der Waals surface area contributed by atoms with Gasteiger partial charge in [0.1, 0.15) is 5.69 Å². The van der Waals surface area contributed by atoms with E-state index in [4.69, 9.17) is 0 Å². The first-order chi connectivity index (χ1) is 7.58. The number of aromatic amines is 1. The molecule has 2 rings (SSSR count). The molecule has 2 heterocycles. The Morgan fingerprint density at radius 3 is 2.81 bits per heavy atom. The van der Waals surface area contributed by atoms with Crippen LogP contribution in [0, 0.1) is 0 Å². The summed E-state index contributed by atoms with van der Waals surface area (Å²) < 4.78 is 0. The second-order valence-corrected chi connectivity index (χ2v) is 4.05. The monoisotopic (exact) mass is 222 g/mol. The Morgan fingerprint density at radius 2 is 2.31 bits per heavy atom. The first kappa shape index (κ1) is 10.9. The third kappa shape index (κ3) is 1.99. The summed E-state index contributed by atoms with van der Waals surface area (Å²) in [5, 5.41) is 9.33. The van der Waals surface area contributed by atoms with Crippen LogP contribution in [0.25, 0.3) is 0 Å². The van der Waals surface area contributed by atoms with E-state index in [0.29, 0.717) is 30.8 Å². The van der Waals surface area contributed by atoms with Crippen molar-refractivity contribution in [1.29, 1.82) is 0 Å². The van der Waals surface area contributed by atoms with Crippen LogP contribution in [0.1, 0.15) is 34.2 Å². The van der Waals surface area contributed by atoms with E-state index in [0.717, 1.165) is 0 Å². The van der Waals surface area contributed by atoms with E-state index in [9.17, 15) is 14.7 Å². The van der Waals surface area contributed by atoms with E-state index in [1.165, 1.54) is 13.1 Å². The predicted octanol–water partition coefficient (Wildman–Crippen LogP) is 0.424. The number of ketones is 1. The van der Waals surface area contributed by atoms with Gasteiger partial charge in [0, 0.05) is 24.8 Å². The topological polar surface area (TPSA) is 73.4 Å². The molecule has 1 unspecified atom stereocenters. The molecular weight excluding hydrogens is 208 g/mol. The molecule has 5 heteroatoms. The molecule has 0 radical (unpaired) electrons. The molecule has 2 N–H and O–H groups in total. The highest BCUT2D eigenvalue weighted by molar-refractivity contribution is 5.99. The van der Waals surface area contributed by atoms with Crippen LogP contribution >= 0.6 is 0 Å². The molecule has 0 saturated carbocycles. The molecule has 5 nitrogen and oxygen atoms in total. The van der Waals surface area contributed by atoms with Crippen LogP contribution in [0.5, 0.6) is 0 Å². The summed E-state index contributed by atoms with van der Waals surface area (Å²) in [6.07, 6.45) is 1.72. The van der Waals surface area contributed by atoms with Gasteiger partial charge in [-0.05, 0) is 19.4 Å². The summed E-state index contributed by atoms with van der Waals surface area (Å²) in [6.45, 7) is 2.39. The Morgan fingerprint density at radius 1 is 1.56 bits per heavy atom. The van der Waals surface area contributed by atoms with Gasteiger partial charge < -0.3 is 15.0 Å². The zero-order valence-corrected chi connectivity index (χ0v) is 9.06. The molecule has 1 amide bonds. The Kier molecular flexibility index (Phi) is 2.78. The molecule has 1 aliphatic rings. The zero-order valence-electron chi connectivity index (χ0n) is 9.06. The minimum atomic E-state index is -0.425. The van der Waals surface area contributed by atoms with Crippen LogP contribution in [0.15, 0.2) is 12.3 Å². The molecule has 0 bridgehead atoms. The largest absolute Gasteiger partial charge is 0.391 e. The summed E-state index contributed by atoms with van der Waals surface area (Å²) in [6, 6.07) is 1.55. The maximum Gasteiger partial charge on any atom is 0.270 e. The minimum Gasteiger partial charge on any atom is -0.391 e. The summed E-state index contributed by atoms with van der Waals surface area (Å²) in [7, 11) is 0. The summed E-state index contributed by atoms with van der Waals surface area (Å²) in [5.41, 5.74) is 0.905. The van der Waals surface area contributed by atoms with Crippen LogP contribution in [0.2, 0.25) is 0 Å². The molecule has 0 aromatic carbocycles. The number of aromatic nitrogens is 1. The summed E-state index contributed by atoms with van der Waals surface area (Å²) >= 11 is 0. The third-order valence-electron chi connectivity index (χ3n) is 2.77. The molecular formula is C11H14N2O3. The van der Waals surface area contributed by atoms with Gasteiger partial charge in [0.2, 0.25) is 0 Å². The number of aliphatic hydroxyl groups excluding tert-OH is 1. The Bertz CT molecular complexity index is 425. The van der Waals surface area contributed by atoms with E-state index in [1.807, 2.05) is 0 Å². The lowest BCUT2D eigenvalue weighted by Gasteiger charge is -2.13. The Hall–Kier alpha value is -1.62. The molecule has 1 aromatic heterocycles. The van der Waals surface area contributed by atoms with Crippen molar-refractivity contribution in [2.75, 3.05) is 13.1 Å². The number of likely N-dealkylation sites (tertiary alicyclic amines) is 1. The van der Waals surface area contributed by atoms with Gasteiger partial charge in [-0.2, -0.15) is 0 Å². The molecule has 1 atom stereocenters. The quantitative estimate of drug-likeness (QED) is 0.712. The van der Waals surface area contributed by atoms with Crippen molar-refractivity contribution in [2.45, 2.75) is 19.4 Å². The fourth-order valence-corrected chi connectivity index (χ4v) is 1.82. The highest BCUT2D eigenvalue weighted by Gasteiger charge is 2.26. The van der Waals surface area contributed by atoms with Gasteiger partial charge in [-0.3, -0.25) is 9.59 Å². The van der Waals surface area contributed by atoms with Crippen molar-refractivity contribution < 1.29 is 14.7 Å². The van der Waals surface area contributed by atoms with E-state index in [2.05, 4.69) is 4.98 Å².